The second-order valence-electron chi connectivity index (χ2n) is 8.73. The van der Waals surface area contributed by atoms with Crippen molar-refractivity contribution < 1.29 is 14.4 Å². The number of nitrogens with one attached hydrogen (secondary N) is 1. The van der Waals surface area contributed by atoms with Gasteiger partial charge in [-0.2, -0.15) is 5.10 Å². The average Bonchev–Trinajstić information content (AvgIpc) is 3.34. The van der Waals surface area contributed by atoms with Crippen molar-refractivity contribution in [1.29, 1.82) is 0 Å². The first-order valence-corrected chi connectivity index (χ1v) is 10.9. The number of rotatable bonds is 5. The van der Waals surface area contributed by atoms with Gasteiger partial charge in [-0.15, -0.1) is 0 Å². The second-order valence-corrected chi connectivity index (χ2v) is 8.73. The number of carbonyl (C=O) groups excluding carboxylic acids is 1. The summed E-state index contributed by atoms with van der Waals surface area (Å²) < 4.78 is 7.20. The van der Waals surface area contributed by atoms with Crippen molar-refractivity contribution in [3.05, 3.63) is 54.2 Å². The number of anilines is 2. The van der Waals surface area contributed by atoms with Crippen molar-refractivity contribution in [2.75, 3.05) is 12.4 Å². The van der Waals surface area contributed by atoms with E-state index in [-0.39, 0.29) is 23.6 Å². The topological polar surface area (TPSA) is 135 Å². The fraction of sp³-hybridized carbons (Fsp3) is 0.304. The number of aliphatic hydroxyl groups is 1. The molecule has 11 heteroatoms. The zero-order valence-corrected chi connectivity index (χ0v) is 18.8. The number of amides is 1. The first-order chi connectivity index (χ1) is 16.4. The number of aryl methyl sites for hydroxylation is 1. The van der Waals surface area contributed by atoms with Crippen LogP contribution < -0.4 is 5.32 Å². The van der Waals surface area contributed by atoms with E-state index in [1.165, 1.54) is 0 Å². The van der Waals surface area contributed by atoms with Crippen molar-refractivity contribution in [3.63, 3.8) is 0 Å². The van der Waals surface area contributed by atoms with Crippen LogP contribution in [0.5, 0.6) is 0 Å². The molecule has 0 spiro atoms. The van der Waals surface area contributed by atoms with E-state index >= 15 is 0 Å². The molecule has 0 radical (unpaired) electrons. The third kappa shape index (κ3) is 3.00. The van der Waals surface area contributed by atoms with Gasteiger partial charge in [0, 0.05) is 38.3 Å². The van der Waals surface area contributed by atoms with Gasteiger partial charge in [0.15, 0.2) is 5.76 Å². The Morgan fingerprint density at radius 1 is 1.15 bits per heavy atom. The van der Waals surface area contributed by atoms with Crippen LogP contribution in [0.4, 0.5) is 11.6 Å². The largest absolute Gasteiger partial charge is 0.373 e. The Bertz CT molecular complexity index is 1430. The molecule has 5 heterocycles. The molecule has 0 aromatic carbocycles. The minimum absolute atomic E-state index is 0.0588. The molecule has 11 nitrogen and oxygen atoms in total. The number of nitrogens with zero attached hydrogens (tertiary/aromatic N) is 7. The Labute approximate surface area is 194 Å². The summed E-state index contributed by atoms with van der Waals surface area (Å²) in [4.78, 5) is 27.7. The van der Waals surface area contributed by atoms with E-state index in [4.69, 9.17) is 4.52 Å². The maximum Gasteiger partial charge on any atom is 0.262 e. The van der Waals surface area contributed by atoms with Gasteiger partial charge in [-0.1, -0.05) is 11.2 Å². The highest BCUT2D eigenvalue weighted by Gasteiger charge is 2.68. The molecule has 1 aliphatic carbocycles. The summed E-state index contributed by atoms with van der Waals surface area (Å²) in [5.41, 5.74) is 2.33. The molecule has 2 aliphatic rings. The van der Waals surface area contributed by atoms with E-state index in [0.717, 1.165) is 17.8 Å². The normalized spacial score (nSPS) is 23.3. The number of hydrogen-bond donors (Lipinski definition) is 2. The molecule has 1 aliphatic heterocycles. The van der Waals surface area contributed by atoms with Gasteiger partial charge in [-0.3, -0.25) is 9.48 Å². The maximum atomic E-state index is 12.6. The third-order valence-corrected chi connectivity index (χ3v) is 6.73. The molecule has 1 saturated heterocycles. The van der Waals surface area contributed by atoms with Gasteiger partial charge in [0.1, 0.15) is 5.69 Å². The van der Waals surface area contributed by atoms with E-state index in [9.17, 15) is 9.90 Å². The standard InChI is InChI=1S/C23H22N8O3/c1-12-18(11-25-31(12)3)28-22-24-8-7-16(27-22)14-5-4-6-15(26-14)17-10-20(34-29-17)23(33)13-9-19(13)30(2)21(23)32/h4-8,10-11,13,19,33H,9H2,1-3H3,(H,24,27,28)/t13-,19+,23+/m0/s1. The summed E-state index contributed by atoms with van der Waals surface area (Å²) in [6, 6.07) is 8.89. The average molecular weight is 458 g/mol. The lowest BCUT2D eigenvalue weighted by molar-refractivity contribution is -0.149. The quantitative estimate of drug-likeness (QED) is 0.460. The van der Waals surface area contributed by atoms with Crippen LogP contribution in [0, 0.1) is 12.8 Å². The number of hydrogen-bond acceptors (Lipinski definition) is 9. The number of carbonyl (C=O) groups is 1. The Morgan fingerprint density at radius 2 is 1.91 bits per heavy atom. The van der Waals surface area contributed by atoms with Crippen LogP contribution in [0.15, 0.2) is 47.2 Å². The fourth-order valence-corrected chi connectivity index (χ4v) is 4.52. The molecule has 6 rings (SSSR count). The van der Waals surface area contributed by atoms with Crippen LogP contribution >= 0.6 is 0 Å². The lowest BCUT2D eigenvalue weighted by Gasteiger charge is -2.21. The number of aromatic nitrogens is 6. The predicted octanol–water partition coefficient (Wildman–Crippen LogP) is 2.03. The van der Waals surface area contributed by atoms with Crippen molar-refractivity contribution >= 4 is 17.5 Å². The van der Waals surface area contributed by atoms with Crippen LogP contribution in [0.3, 0.4) is 0 Å². The predicted molar refractivity (Wildman–Crippen MR) is 121 cm³/mol. The minimum atomic E-state index is -1.67. The molecule has 1 saturated carbocycles. The molecule has 34 heavy (non-hydrogen) atoms. The fourth-order valence-electron chi connectivity index (χ4n) is 4.52. The summed E-state index contributed by atoms with van der Waals surface area (Å²) in [6.07, 6.45) is 4.13. The number of pyridine rings is 1. The van der Waals surface area contributed by atoms with Crippen molar-refractivity contribution in [1.82, 2.24) is 34.8 Å². The minimum Gasteiger partial charge on any atom is -0.373 e. The van der Waals surface area contributed by atoms with Crippen LogP contribution in [-0.4, -0.2) is 58.9 Å². The summed E-state index contributed by atoms with van der Waals surface area (Å²) in [7, 11) is 3.57. The molecule has 0 unspecified atom stereocenters. The van der Waals surface area contributed by atoms with Gasteiger partial charge >= 0.3 is 0 Å². The zero-order valence-electron chi connectivity index (χ0n) is 18.8. The Balaban J connectivity index is 1.29. The molecule has 0 bridgehead atoms. The van der Waals surface area contributed by atoms with Crippen molar-refractivity contribution in [2.45, 2.75) is 25.0 Å². The van der Waals surface area contributed by atoms with Crippen LogP contribution in [0.1, 0.15) is 17.9 Å². The molecule has 3 atom stereocenters. The van der Waals surface area contributed by atoms with Gasteiger partial charge in [0.05, 0.1) is 34.7 Å². The number of piperidine rings is 1. The highest BCUT2D eigenvalue weighted by atomic mass is 16.5. The van der Waals surface area contributed by atoms with Gasteiger partial charge in [0.25, 0.3) is 5.91 Å². The lowest BCUT2D eigenvalue weighted by atomic mass is 9.95. The Hall–Kier alpha value is -4.12. The maximum absolute atomic E-state index is 12.6. The van der Waals surface area contributed by atoms with E-state index in [0.29, 0.717) is 28.7 Å². The smallest absolute Gasteiger partial charge is 0.262 e. The SMILES string of the molecule is Cc1c(Nc2nccc(-c3cccc(-c4cc([C@@]5(O)C(=O)N(C)[C@@H]6C[C@@H]65)on4)n3)n2)cnn1C. The summed E-state index contributed by atoms with van der Waals surface area (Å²) >= 11 is 0. The van der Waals surface area contributed by atoms with E-state index < -0.39 is 5.60 Å². The monoisotopic (exact) mass is 458 g/mol. The van der Waals surface area contributed by atoms with Crippen LogP contribution in [-0.2, 0) is 17.4 Å². The van der Waals surface area contributed by atoms with Gasteiger partial charge in [-0.25, -0.2) is 15.0 Å². The molecule has 2 fully saturated rings. The second kappa shape index (κ2) is 7.19. The van der Waals surface area contributed by atoms with Crippen molar-refractivity contribution in [2.24, 2.45) is 13.0 Å². The molecule has 4 aromatic heterocycles. The first-order valence-electron chi connectivity index (χ1n) is 10.9. The summed E-state index contributed by atoms with van der Waals surface area (Å²) in [5, 5.41) is 22.6. The molecule has 172 valence electrons. The van der Waals surface area contributed by atoms with Gasteiger partial charge in [0.2, 0.25) is 11.5 Å². The number of fused-ring (bicyclic) bond motifs is 1. The molecule has 1 amide bonds. The summed E-state index contributed by atoms with van der Waals surface area (Å²) in [6.45, 7) is 1.95. The van der Waals surface area contributed by atoms with E-state index in [2.05, 4.69) is 30.5 Å². The lowest BCUT2D eigenvalue weighted by Crippen LogP contribution is -2.40. The molecule has 4 aromatic rings. The van der Waals surface area contributed by atoms with E-state index in [1.807, 2.05) is 26.1 Å². The van der Waals surface area contributed by atoms with E-state index in [1.54, 1.807) is 47.2 Å². The molecular formula is C23H22N8O3. The highest BCUT2D eigenvalue weighted by molar-refractivity contribution is 5.90. The van der Waals surface area contributed by atoms with Crippen LogP contribution in [0.25, 0.3) is 22.8 Å². The summed E-state index contributed by atoms with van der Waals surface area (Å²) in [5.74, 6) is 0.0510. The first kappa shape index (κ1) is 20.5. The highest BCUT2D eigenvalue weighted by Crippen LogP contribution is 2.55. The molecular weight excluding hydrogens is 436 g/mol. The zero-order chi connectivity index (χ0) is 23.6. The van der Waals surface area contributed by atoms with Crippen LogP contribution in [0.2, 0.25) is 0 Å². The van der Waals surface area contributed by atoms with Gasteiger partial charge in [-0.05, 0) is 31.5 Å². The molecule has 2 N–H and O–H groups in total. The Morgan fingerprint density at radius 3 is 2.62 bits per heavy atom. The number of likely N-dealkylation sites (tertiary alicyclic amines) is 1. The van der Waals surface area contributed by atoms with Gasteiger partial charge < -0.3 is 19.8 Å². The number of likely N-dealkylation sites (N-methyl/N-ethyl adjacent to an activating group) is 1. The van der Waals surface area contributed by atoms with Crippen molar-refractivity contribution in [3.8, 4) is 22.8 Å². The Kier molecular flexibility index (Phi) is 4.33. The third-order valence-electron chi connectivity index (χ3n) is 6.73.